The minimum atomic E-state index is -1.13. The van der Waals surface area contributed by atoms with Crippen LogP contribution in [0.3, 0.4) is 0 Å². The molecule has 0 amide bonds. The number of benzene rings is 1. The fourth-order valence-corrected chi connectivity index (χ4v) is 5.97. The number of pyridine rings is 1. The number of aromatic nitrogens is 2. The first-order chi connectivity index (χ1) is 16.9. The zero-order chi connectivity index (χ0) is 26.1. The molecule has 0 spiro atoms. The highest BCUT2D eigenvalue weighted by Crippen LogP contribution is 2.36. The van der Waals surface area contributed by atoms with E-state index < -0.39 is 13.7 Å². The number of hydrogen-bond acceptors (Lipinski definition) is 5. The summed E-state index contributed by atoms with van der Waals surface area (Å²) in [4.78, 5) is 17.3. The van der Waals surface area contributed by atoms with Gasteiger partial charge in [0.1, 0.15) is 29.5 Å². The molecule has 0 aliphatic heterocycles. The van der Waals surface area contributed by atoms with Crippen molar-refractivity contribution in [1.82, 2.24) is 9.55 Å². The van der Waals surface area contributed by atoms with E-state index in [1.165, 1.54) is 5.56 Å². The number of nitrogens with zero attached hydrogens (tertiary/aromatic N) is 2. The van der Waals surface area contributed by atoms with Gasteiger partial charge in [0.25, 0.3) is 0 Å². The Kier molecular flexibility index (Phi) is 8.16. The first kappa shape index (κ1) is 27.1. The van der Waals surface area contributed by atoms with E-state index in [-0.39, 0.29) is 11.9 Å². The van der Waals surface area contributed by atoms with Crippen LogP contribution >= 0.6 is 22.6 Å². The maximum atomic E-state index is 12.7. The van der Waals surface area contributed by atoms with Crippen LogP contribution < -0.4 is 4.74 Å². The number of halogens is 1. The van der Waals surface area contributed by atoms with Gasteiger partial charge in [0.2, 0.25) is 0 Å². The lowest BCUT2D eigenvalue weighted by Gasteiger charge is -2.27. The first-order valence-corrected chi connectivity index (χ1v) is 17.4. The van der Waals surface area contributed by atoms with Crippen molar-refractivity contribution in [3.05, 3.63) is 51.4 Å². The van der Waals surface area contributed by atoms with Crippen LogP contribution in [0.2, 0.25) is 25.7 Å². The van der Waals surface area contributed by atoms with Crippen molar-refractivity contribution in [3.63, 3.8) is 0 Å². The molecule has 0 N–H and O–H groups in total. The highest BCUT2D eigenvalue weighted by Gasteiger charge is 2.29. The highest BCUT2D eigenvalue weighted by atomic mass is 127. The number of carbonyl (C=O) groups is 1. The fourth-order valence-electron chi connectivity index (χ4n) is 4.37. The van der Waals surface area contributed by atoms with Crippen molar-refractivity contribution in [2.75, 3.05) is 6.61 Å². The van der Waals surface area contributed by atoms with Gasteiger partial charge in [-0.2, -0.15) is 0 Å². The predicted octanol–water partition coefficient (Wildman–Crippen LogP) is 7.19. The fraction of sp³-hybridized carbons (Fsp3) is 0.500. The largest absolute Gasteiger partial charge is 0.460 e. The van der Waals surface area contributed by atoms with Crippen molar-refractivity contribution >= 4 is 47.7 Å². The summed E-state index contributed by atoms with van der Waals surface area (Å²) in [5, 5.41) is 0.983. The van der Waals surface area contributed by atoms with Crippen LogP contribution in [0, 0.1) is 9.49 Å². The summed E-state index contributed by atoms with van der Waals surface area (Å²) in [6.45, 7) is 14.1. The highest BCUT2D eigenvalue weighted by molar-refractivity contribution is 14.1. The van der Waals surface area contributed by atoms with Crippen molar-refractivity contribution in [2.24, 2.45) is 5.92 Å². The van der Waals surface area contributed by atoms with Gasteiger partial charge in [-0.25, -0.2) is 4.98 Å². The normalized spacial score (nSPS) is 16.1. The number of aryl methyl sites for hydroxylation is 1. The molecule has 36 heavy (non-hydrogen) atoms. The average Bonchev–Trinajstić information content (AvgIpc) is 3.11. The molecule has 8 heteroatoms. The molecule has 1 aliphatic rings. The Morgan fingerprint density at radius 1 is 1.19 bits per heavy atom. The van der Waals surface area contributed by atoms with Gasteiger partial charge >= 0.3 is 5.97 Å². The van der Waals surface area contributed by atoms with Crippen molar-refractivity contribution in [3.8, 4) is 11.5 Å². The summed E-state index contributed by atoms with van der Waals surface area (Å²) in [6.07, 6.45) is 6.22. The predicted molar refractivity (Wildman–Crippen MR) is 154 cm³/mol. The lowest BCUT2D eigenvalue weighted by molar-refractivity contribution is -0.160. The Hall–Kier alpha value is -1.91. The third-order valence-corrected chi connectivity index (χ3v) is 8.80. The number of fused-ring (bicyclic) bond motifs is 2. The van der Waals surface area contributed by atoms with Gasteiger partial charge in [-0.1, -0.05) is 25.7 Å². The second kappa shape index (κ2) is 10.8. The van der Waals surface area contributed by atoms with E-state index in [1.807, 2.05) is 37.5 Å². The molecule has 1 aliphatic carbocycles. The molecule has 1 aromatic carbocycles. The van der Waals surface area contributed by atoms with E-state index in [4.69, 9.17) is 14.2 Å². The molecular weight excluding hydrogens is 583 g/mol. The molecule has 0 saturated heterocycles. The molecule has 0 radical (unpaired) electrons. The van der Waals surface area contributed by atoms with Crippen LogP contribution in [-0.2, 0) is 33.8 Å². The standard InChI is InChI=1S/C28H37IN2O4Si/c1-28(2,3)35-27(32)20-8-7-19-9-10-22(16-21(19)15-20)34-24-11-12-30-26-25(24)23(29)17-31(26)18-33-13-14-36(4,5)6/h9-12,16-17,20H,7-8,13-15,18H2,1-6H3. The molecule has 0 bridgehead atoms. The van der Waals surface area contributed by atoms with Gasteiger partial charge in [-0.3, -0.25) is 4.79 Å². The molecule has 1 atom stereocenters. The molecule has 1 unspecified atom stereocenters. The zero-order valence-corrected chi connectivity index (χ0v) is 25.3. The lowest BCUT2D eigenvalue weighted by atomic mass is 9.84. The van der Waals surface area contributed by atoms with Gasteiger partial charge in [0, 0.05) is 30.6 Å². The van der Waals surface area contributed by atoms with E-state index in [0.29, 0.717) is 13.2 Å². The second-order valence-electron chi connectivity index (χ2n) is 11.8. The van der Waals surface area contributed by atoms with Crippen LogP contribution in [0.15, 0.2) is 36.7 Å². The zero-order valence-electron chi connectivity index (χ0n) is 22.2. The van der Waals surface area contributed by atoms with Gasteiger partial charge in [-0.05, 0) is 98.0 Å². The van der Waals surface area contributed by atoms with Crippen molar-refractivity contribution < 1.29 is 19.0 Å². The second-order valence-corrected chi connectivity index (χ2v) is 18.6. The number of esters is 1. The molecule has 2 aromatic heterocycles. The van der Waals surface area contributed by atoms with Crippen LogP contribution in [0.1, 0.15) is 38.3 Å². The number of hydrogen-bond donors (Lipinski definition) is 0. The van der Waals surface area contributed by atoms with Crippen molar-refractivity contribution in [2.45, 2.75) is 78.1 Å². The van der Waals surface area contributed by atoms with Gasteiger partial charge in [0.05, 0.1) is 11.3 Å². The molecule has 2 heterocycles. The van der Waals surface area contributed by atoms with Crippen LogP contribution in [0.25, 0.3) is 11.0 Å². The quantitative estimate of drug-likeness (QED) is 0.116. The number of ether oxygens (including phenoxy) is 3. The monoisotopic (exact) mass is 620 g/mol. The minimum Gasteiger partial charge on any atom is -0.460 e. The van der Waals surface area contributed by atoms with Gasteiger partial charge in [-0.15, -0.1) is 0 Å². The minimum absolute atomic E-state index is 0.113. The van der Waals surface area contributed by atoms with E-state index in [0.717, 1.165) is 57.2 Å². The van der Waals surface area contributed by atoms with Crippen LogP contribution in [0.4, 0.5) is 0 Å². The molecule has 194 valence electrons. The molecule has 3 aromatic rings. The van der Waals surface area contributed by atoms with Gasteiger partial charge in [0.15, 0.2) is 0 Å². The summed E-state index contributed by atoms with van der Waals surface area (Å²) < 4.78 is 21.1. The van der Waals surface area contributed by atoms with Gasteiger partial charge < -0.3 is 18.8 Å². The third kappa shape index (κ3) is 6.89. The topological polar surface area (TPSA) is 62.6 Å². The lowest BCUT2D eigenvalue weighted by Crippen LogP contribution is -2.31. The Morgan fingerprint density at radius 2 is 1.97 bits per heavy atom. The summed E-state index contributed by atoms with van der Waals surface area (Å²) in [6, 6.07) is 9.25. The average molecular weight is 621 g/mol. The Labute approximate surface area is 228 Å². The van der Waals surface area contributed by atoms with E-state index in [2.05, 4.69) is 65.5 Å². The van der Waals surface area contributed by atoms with E-state index in [1.54, 1.807) is 6.20 Å². The molecule has 6 nitrogen and oxygen atoms in total. The summed E-state index contributed by atoms with van der Waals surface area (Å²) in [5.74, 6) is 1.31. The maximum absolute atomic E-state index is 12.7. The molecule has 0 saturated carbocycles. The Bertz CT molecular complexity index is 1240. The molecular formula is C28H37IN2O4Si. The van der Waals surface area contributed by atoms with E-state index >= 15 is 0 Å². The van der Waals surface area contributed by atoms with E-state index in [9.17, 15) is 4.79 Å². The smallest absolute Gasteiger partial charge is 0.309 e. The molecule has 0 fully saturated rings. The van der Waals surface area contributed by atoms with Crippen LogP contribution in [-0.4, -0.2) is 35.8 Å². The molecule has 4 rings (SSSR count). The van der Waals surface area contributed by atoms with Crippen molar-refractivity contribution in [1.29, 1.82) is 0 Å². The third-order valence-electron chi connectivity index (χ3n) is 6.27. The SMILES string of the molecule is CC(C)(C)OC(=O)C1CCc2ccc(Oc3ccnc4c3c(I)cn4COCC[Si](C)(C)C)cc2C1. The maximum Gasteiger partial charge on any atom is 0.309 e. The first-order valence-electron chi connectivity index (χ1n) is 12.6. The summed E-state index contributed by atoms with van der Waals surface area (Å²) in [7, 11) is -1.13. The number of carbonyl (C=O) groups excluding carboxylic acids is 1. The summed E-state index contributed by atoms with van der Waals surface area (Å²) in [5.41, 5.74) is 2.82. The Morgan fingerprint density at radius 3 is 2.69 bits per heavy atom. The Balaban J connectivity index is 1.50. The van der Waals surface area contributed by atoms with Crippen LogP contribution in [0.5, 0.6) is 11.5 Å². The number of rotatable bonds is 8. The summed E-state index contributed by atoms with van der Waals surface area (Å²) >= 11 is 2.34.